The molecule has 3 atom stereocenters. The van der Waals surface area contributed by atoms with Crippen LogP contribution in [0.15, 0.2) is 18.2 Å². The van der Waals surface area contributed by atoms with Gasteiger partial charge in [-0.3, -0.25) is 4.79 Å². The number of carboxylic acid groups (broad SMARTS) is 1. The molecule has 1 aliphatic carbocycles. The maximum Gasteiger partial charge on any atom is 0.307 e. The van der Waals surface area contributed by atoms with Gasteiger partial charge in [0.25, 0.3) is 0 Å². The zero-order chi connectivity index (χ0) is 15.8. The summed E-state index contributed by atoms with van der Waals surface area (Å²) in [5.41, 5.74) is 0.238. The Morgan fingerprint density at radius 2 is 1.90 bits per heavy atom. The Bertz CT molecular complexity index is 534. The molecule has 4 heteroatoms. The molecule has 1 aliphatic rings. The summed E-state index contributed by atoms with van der Waals surface area (Å²) >= 11 is 0. The fourth-order valence-corrected chi connectivity index (χ4v) is 3.40. The highest BCUT2D eigenvalue weighted by atomic mass is 19.2. The molecule has 116 valence electrons. The standard InChI is InChI=1S/C17H22F2O2/c1-17(2,3)10-7-8-12(16(20)21)13(9-10)11-5-4-6-14(18)15(11)19/h4-6,10,12-13H,7-9H2,1-3H3,(H,20,21). The number of carbonyl (C=O) groups is 1. The third-order valence-corrected chi connectivity index (χ3v) is 4.77. The number of rotatable bonds is 2. The van der Waals surface area contributed by atoms with Crippen LogP contribution < -0.4 is 0 Å². The molecular weight excluding hydrogens is 274 g/mol. The molecule has 0 aromatic heterocycles. The number of hydrogen-bond donors (Lipinski definition) is 1. The van der Waals surface area contributed by atoms with Crippen LogP contribution in [-0.2, 0) is 4.79 Å². The van der Waals surface area contributed by atoms with Crippen molar-refractivity contribution >= 4 is 5.97 Å². The van der Waals surface area contributed by atoms with Gasteiger partial charge in [-0.05, 0) is 42.2 Å². The van der Waals surface area contributed by atoms with Crippen LogP contribution in [0.1, 0.15) is 51.5 Å². The van der Waals surface area contributed by atoms with Crippen molar-refractivity contribution in [3.63, 3.8) is 0 Å². The van der Waals surface area contributed by atoms with Crippen LogP contribution >= 0.6 is 0 Å². The Morgan fingerprint density at radius 3 is 2.48 bits per heavy atom. The first-order valence-corrected chi connectivity index (χ1v) is 7.38. The highest BCUT2D eigenvalue weighted by Crippen LogP contribution is 2.47. The highest BCUT2D eigenvalue weighted by Gasteiger charge is 2.40. The lowest BCUT2D eigenvalue weighted by Gasteiger charge is -2.40. The van der Waals surface area contributed by atoms with Gasteiger partial charge in [0.15, 0.2) is 11.6 Å². The second-order valence-electron chi connectivity index (χ2n) is 7.07. The Labute approximate surface area is 124 Å². The number of benzene rings is 1. The molecule has 1 aromatic rings. The molecule has 21 heavy (non-hydrogen) atoms. The van der Waals surface area contributed by atoms with Gasteiger partial charge >= 0.3 is 5.97 Å². The molecule has 0 heterocycles. The molecule has 3 unspecified atom stereocenters. The molecule has 1 fully saturated rings. The molecule has 0 amide bonds. The van der Waals surface area contributed by atoms with Gasteiger partial charge in [-0.25, -0.2) is 8.78 Å². The van der Waals surface area contributed by atoms with Crippen LogP contribution in [0.4, 0.5) is 8.78 Å². The molecular formula is C17H22F2O2. The van der Waals surface area contributed by atoms with Gasteiger partial charge < -0.3 is 5.11 Å². The Balaban J connectivity index is 2.39. The lowest BCUT2D eigenvalue weighted by Crippen LogP contribution is -2.34. The number of carboxylic acids is 1. The van der Waals surface area contributed by atoms with Crippen molar-refractivity contribution in [1.29, 1.82) is 0 Å². The van der Waals surface area contributed by atoms with E-state index in [9.17, 15) is 18.7 Å². The summed E-state index contributed by atoms with van der Waals surface area (Å²) in [5, 5.41) is 9.40. The van der Waals surface area contributed by atoms with Crippen LogP contribution in [0.3, 0.4) is 0 Å². The number of aliphatic carboxylic acids is 1. The van der Waals surface area contributed by atoms with E-state index in [2.05, 4.69) is 20.8 Å². The van der Waals surface area contributed by atoms with E-state index in [1.807, 2.05) is 0 Å². The van der Waals surface area contributed by atoms with Gasteiger partial charge in [0, 0.05) is 5.92 Å². The van der Waals surface area contributed by atoms with Crippen LogP contribution in [0.5, 0.6) is 0 Å². The minimum atomic E-state index is -0.920. The van der Waals surface area contributed by atoms with Gasteiger partial charge in [0.1, 0.15) is 0 Å². The smallest absolute Gasteiger partial charge is 0.307 e. The topological polar surface area (TPSA) is 37.3 Å². The van der Waals surface area contributed by atoms with E-state index in [1.54, 1.807) is 0 Å². The largest absolute Gasteiger partial charge is 0.481 e. The summed E-state index contributed by atoms with van der Waals surface area (Å²) in [5.74, 6) is -3.52. The summed E-state index contributed by atoms with van der Waals surface area (Å²) in [6.07, 6.45) is 1.91. The molecule has 2 rings (SSSR count). The third-order valence-electron chi connectivity index (χ3n) is 4.77. The molecule has 0 saturated heterocycles. The fraction of sp³-hybridized carbons (Fsp3) is 0.588. The normalized spacial score (nSPS) is 26.6. The molecule has 2 nitrogen and oxygen atoms in total. The van der Waals surface area contributed by atoms with E-state index < -0.39 is 29.4 Å². The summed E-state index contributed by atoms with van der Waals surface area (Å²) in [4.78, 5) is 11.5. The van der Waals surface area contributed by atoms with E-state index in [-0.39, 0.29) is 11.0 Å². The lowest BCUT2D eigenvalue weighted by atomic mass is 9.64. The zero-order valence-electron chi connectivity index (χ0n) is 12.7. The fourth-order valence-electron chi connectivity index (χ4n) is 3.40. The van der Waals surface area contributed by atoms with Crippen LogP contribution in [0.25, 0.3) is 0 Å². The average Bonchev–Trinajstić information content (AvgIpc) is 2.40. The predicted octanol–water partition coefficient (Wildman–Crippen LogP) is 4.60. The zero-order valence-corrected chi connectivity index (χ0v) is 12.7. The quantitative estimate of drug-likeness (QED) is 0.866. The molecule has 0 spiro atoms. The van der Waals surface area contributed by atoms with Crippen molar-refractivity contribution in [3.8, 4) is 0 Å². The highest BCUT2D eigenvalue weighted by molar-refractivity contribution is 5.71. The minimum absolute atomic E-state index is 0.0333. The van der Waals surface area contributed by atoms with Crippen LogP contribution in [0, 0.1) is 28.9 Å². The van der Waals surface area contributed by atoms with Crippen molar-refractivity contribution < 1.29 is 18.7 Å². The van der Waals surface area contributed by atoms with Crippen molar-refractivity contribution in [2.24, 2.45) is 17.3 Å². The predicted molar refractivity (Wildman–Crippen MR) is 77.0 cm³/mol. The first kappa shape index (κ1) is 15.9. The van der Waals surface area contributed by atoms with Gasteiger partial charge in [-0.1, -0.05) is 32.9 Å². The molecule has 1 aromatic carbocycles. The maximum absolute atomic E-state index is 14.1. The Morgan fingerprint density at radius 1 is 1.24 bits per heavy atom. The van der Waals surface area contributed by atoms with Crippen molar-refractivity contribution in [2.75, 3.05) is 0 Å². The molecule has 1 N–H and O–H groups in total. The van der Waals surface area contributed by atoms with E-state index in [0.29, 0.717) is 18.8 Å². The second kappa shape index (κ2) is 5.74. The second-order valence-corrected chi connectivity index (χ2v) is 7.07. The average molecular weight is 296 g/mol. The summed E-state index contributed by atoms with van der Waals surface area (Å²) in [6, 6.07) is 4.04. The van der Waals surface area contributed by atoms with E-state index in [0.717, 1.165) is 12.5 Å². The Kier molecular flexibility index (Phi) is 4.35. The Hall–Kier alpha value is -1.45. The van der Waals surface area contributed by atoms with Crippen LogP contribution in [-0.4, -0.2) is 11.1 Å². The van der Waals surface area contributed by atoms with Gasteiger partial charge in [-0.2, -0.15) is 0 Å². The monoisotopic (exact) mass is 296 g/mol. The third kappa shape index (κ3) is 3.25. The van der Waals surface area contributed by atoms with E-state index in [4.69, 9.17) is 0 Å². The van der Waals surface area contributed by atoms with E-state index in [1.165, 1.54) is 12.1 Å². The molecule has 0 radical (unpaired) electrons. The lowest BCUT2D eigenvalue weighted by molar-refractivity contribution is -0.144. The van der Waals surface area contributed by atoms with Gasteiger partial charge in [0.2, 0.25) is 0 Å². The van der Waals surface area contributed by atoms with Crippen molar-refractivity contribution in [3.05, 3.63) is 35.4 Å². The van der Waals surface area contributed by atoms with Crippen molar-refractivity contribution in [1.82, 2.24) is 0 Å². The minimum Gasteiger partial charge on any atom is -0.481 e. The summed E-state index contributed by atoms with van der Waals surface area (Å²) in [6.45, 7) is 6.33. The molecule has 1 saturated carbocycles. The maximum atomic E-state index is 14.1. The SMILES string of the molecule is CC(C)(C)C1CCC(C(=O)O)C(c2cccc(F)c2F)C1. The number of halogens is 2. The first-order chi connectivity index (χ1) is 9.71. The molecule has 0 aliphatic heterocycles. The van der Waals surface area contributed by atoms with Crippen LogP contribution in [0.2, 0.25) is 0 Å². The summed E-state index contributed by atoms with van der Waals surface area (Å²) < 4.78 is 27.5. The van der Waals surface area contributed by atoms with Crippen molar-refractivity contribution in [2.45, 2.75) is 46.0 Å². The number of hydrogen-bond acceptors (Lipinski definition) is 1. The van der Waals surface area contributed by atoms with Gasteiger partial charge in [-0.15, -0.1) is 0 Å². The first-order valence-electron chi connectivity index (χ1n) is 7.38. The van der Waals surface area contributed by atoms with E-state index >= 15 is 0 Å². The molecule has 0 bridgehead atoms. The van der Waals surface area contributed by atoms with Gasteiger partial charge in [0.05, 0.1) is 5.92 Å². The summed E-state index contributed by atoms with van der Waals surface area (Å²) in [7, 11) is 0.